The van der Waals surface area contributed by atoms with Crippen LogP contribution < -0.4 is 10.1 Å². The van der Waals surface area contributed by atoms with E-state index in [1.807, 2.05) is 6.92 Å². The number of hydrogen-bond acceptors (Lipinski definition) is 6. The first-order valence-corrected chi connectivity index (χ1v) is 8.39. The molecule has 0 aromatic carbocycles. The summed E-state index contributed by atoms with van der Waals surface area (Å²) in [5, 5.41) is 7.66. The molecule has 8 nitrogen and oxygen atoms in total. The minimum absolute atomic E-state index is 0.172. The van der Waals surface area contributed by atoms with Crippen molar-refractivity contribution in [2.24, 2.45) is 0 Å². The number of carbonyl (C=O) groups excluding carboxylic acids is 1. The van der Waals surface area contributed by atoms with E-state index in [4.69, 9.17) is 0 Å². The van der Waals surface area contributed by atoms with Crippen LogP contribution in [0.4, 0.5) is 13.2 Å². The second-order valence-corrected chi connectivity index (χ2v) is 5.93. The van der Waals surface area contributed by atoms with Crippen molar-refractivity contribution in [1.29, 1.82) is 0 Å². The van der Waals surface area contributed by atoms with Crippen molar-refractivity contribution in [1.82, 2.24) is 30.0 Å². The van der Waals surface area contributed by atoms with E-state index >= 15 is 0 Å². The fourth-order valence-electron chi connectivity index (χ4n) is 2.55. The van der Waals surface area contributed by atoms with Gasteiger partial charge in [0.1, 0.15) is 5.69 Å². The summed E-state index contributed by atoms with van der Waals surface area (Å²) >= 11 is 0. The van der Waals surface area contributed by atoms with Crippen LogP contribution >= 0.6 is 0 Å². The number of nitrogens with zero attached hydrogens (tertiary/aromatic N) is 5. The first kappa shape index (κ1) is 19.5. The van der Waals surface area contributed by atoms with E-state index in [2.05, 4.69) is 30.1 Å². The highest BCUT2D eigenvalue weighted by Gasteiger charge is 2.29. The van der Waals surface area contributed by atoms with E-state index in [0.717, 1.165) is 0 Å². The lowest BCUT2D eigenvalue weighted by atomic mass is 10.2. The van der Waals surface area contributed by atoms with Gasteiger partial charge >= 0.3 is 6.18 Å². The van der Waals surface area contributed by atoms with Crippen molar-refractivity contribution < 1.29 is 22.7 Å². The molecule has 148 valence electrons. The minimum atomic E-state index is -4.45. The smallest absolute Gasteiger partial charge is 0.422 e. The number of fused-ring (bicyclic) bond motifs is 1. The number of nitrogens with one attached hydrogen (secondary N) is 1. The normalized spacial score (nSPS) is 11.6. The molecule has 0 radical (unpaired) electrons. The zero-order valence-electron chi connectivity index (χ0n) is 15.1. The van der Waals surface area contributed by atoms with Gasteiger partial charge in [0.05, 0.1) is 35.0 Å². The Hall–Kier alpha value is -3.24. The predicted octanol–water partition coefficient (Wildman–Crippen LogP) is 2.27. The number of hydrogen-bond donors (Lipinski definition) is 1. The van der Waals surface area contributed by atoms with Gasteiger partial charge in [-0.1, -0.05) is 0 Å². The van der Waals surface area contributed by atoms with Gasteiger partial charge in [0, 0.05) is 18.9 Å². The lowest BCUT2D eigenvalue weighted by Gasteiger charge is -2.10. The largest absolute Gasteiger partial charge is 0.467 e. The van der Waals surface area contributed by atoms with Crippen molar-refractivity contribution in [2.45, 2.75) is 26.6 Å². The molecule has 1 amide bonds. The first-order chi connectivity index (χ1) is 13.3. The van der Waals surface area contributed by atoms with E-state index < -0.39 is 12.8 Å². The van der Waals surface area contributed by atoms with Gasteiger partial charge in [-0.25, -0.2) is 9.97 Å². The SMILES string of the molecule is CCNC(=O)c1nccc2nn(Cc3cnc(OCC(F)(F)F)c(C)n3)cc12. The highest BCUT2D eigenvalue weighted by molar-refractivity contribution is 6.04. The van der Waals surface area contributed by atoms with E-state index in [1.165, 1.54) is 19.3 Å². The number of carbonyl (C=O) groups is 1. The molecule has 0 saturated heterocycles. The fraction of sp³-hybridized carbons (Fsp3) is 0.353. The number of halogens is 3. The molecule has 0 fully saturated rings. The third-order valence-electron chi connectivity index (χ3n) is 3.68. The number of rotatable bonds is 6. The van der Waals surface area contributed by atoms with Gasteiger partial charge in [0.25, 0.3) is 5.91 Å². The van der Waals surface area contributed by atoms with E-state index in [-0.39, 0.29) is 29.7 Å². The Bertz CT molecular complexity index is 1000. The molecular formula is C17H17F3N6O2. The second-order valence-electron chi connectivity index (χ2n) is 5.93. The Balaban J connectivity index is 1.80. The van der Waals surface area contributed by atoms with Gasteiger partial charge in [-0.2, -0.15) is 18.3 Å². The zero-order valence-corrected chi connectivity index (χ0v) is 15.1. The molecule has 3 aromatic heterocycles. The van der Waals surface area contributed by atoms with Crippen molar-refractivity contribution in [3.63, 3.8) is 0 Å². The fourth-order valence-corrected chi connectivity index (χ4v) is 2.55. The third kappa shape index (κ3) is 4.53. The van der Waals surface area contributed by atoms with Crippen LogP contribution in [0.15, 0.2) is 24.7 Å². The third-order valence-corrected chi connectivity index (χ3v) is 3.68. The van der Waals surface area contributed by atoms with E-state index in [1.54, 1.807) is 16.9 Å². The first-order valence-electron chi connectivity index (χ1n) is 8.39. The van der Waals surface area contributed by atoms with Crippen LogP contribution in [0.5, 0.6) is 5.88 Å². The lowest BCUT2D eigenvalue weighted by Crippen LogP contribution is -2.23. The summed E-state index contributed by atoms with van der Waals surface area (Å²) < 4.78 is 43.0. The van der Waals surface area contributed by atoms with Crippen molar-refractivity contribution >= 4 is 16.8 Å². The summed E-state index contributed by atoms with van der Waals surface area (Å²) in [5.74, 6) is -0.469. The van der Waals surface area contributed by atoms with Crippen LogP contribution in [-0.2, 0) is 6.54 Å². The Morgan fingerprint density at radius 1 is 1.32 bits per heavy atom. The summed E-state index contributed by atoms with van der Waals surface area (Å²) in [6, 6.07) is 1.68. The molecule has 3 rings (SSSR count). The summed E-state index contributed by atoms with van der Waals surface area (Å²) in [4.78, 5) is 24.3. The predicted molar refractivity (Wildman–Crippen MR) is 93.0 cm³/mol. The standard InChI is InChI=1S/C17H17F3N6O2/c1-3-21-15(27)14-12-8-26(25-13(12)4-5-22-14)7-11-6-23-16(10(2)24-11)28-9-17(18,19)20/h4-6,8H,3,7,9H2,1-2H3,(H,21,27). The van der Waals surface area contributed by atoms with Crippen LogP contribution in [0.2, 0.25) is 0 Å². The summed E-state index contributed by atoms with van der Waals surface area (Å²) in [6.45, 7) is 2.59. The average Bonchev–Trinajstić information content (AvgIpc) is 3.02. The van der Waals surface area contributed by atoms with Crippen LogP contribution in [0.25, 0.3) is 10.9 Å². The zero-order chi connectivity index (χ0) is 20.3. The molecule has 0 aliphatic heterocycles. The number of aromatic nitrogens is 5. The molecule has 3 heterocycles. The number of pyridine rings is 1. The van der Waals surface area contributed by atoms with Gasteiger partial charge in [-0.15, -0.1) is 0 Å². The van der Waals surface area contributed by atoms with Gasteiger partial charge in [-0.05, 0) is 19.9 Å². The van der Waals surface area contributed by atoms with Crippen LogP contribution in [-0.4, -0.2) is 50.0 Å². The molecule has 1 N–H and O–H groups in total. The molecule has 0 aliphatic rings. The van der Waals surface area contributed by atoms with E-state index in [0.29, 0.717) is 23.1 Å². The van der Waals surface area contributed by atoms with Gasteiger partial charge in [0.15, 0.2) is 6.61 Å². The van der Waals surface area contributed by atoms with Crippen LogP contribution in [0.1, 0.15) is 28.8 Å². The molecule has 0 unspecified atom stereocenters. The van der Waals surface area contributed by atoms with E-state index in [9.17, 15) is 18.0 Å². The molecule has 0 aliphatic carbocycles. The topological polar surface area (TPSA) is 94.8 Å². The average molecular weight is 394 g/mol. The summed E-state index contributed by atoms with van der Waals surface area (Å²) in [7, 11) is 0. The van der Waals surface area contributed by atoms with Crippen LogP contribution in [0.3, 0.4) is 0 Å². The minimum Gasteiger partial charge on any atom is -0.467 e. The molecule has 0 atom stereocenters. The van der Waals surface area contributed by atoms with Crippen molar-refractivity contribution in [3.8, 4) is 5.88 Å². The summed E-state index contributed by atoms with van der Waals surface area (Å²) in [5.41, 5.74) is 1.58. The molecule has 0 saturated carbocycles. The van der Waals surface area contributed by atoms with Gasteiger partial charge in [-0.3, -0.25) is 14.5 Å². The Morgan fingerprint density at radius 3 is 2.79 bits per heavy atom. The lowest BCUT2D eigenvalue weighted by molar-refractivity contribution is -0.154. The van der Waals surface area contributed by atoms with Crippen molar-refractivity contribution in [3.05, 3.63) is 41.7 Å². The highest BCUT2D eigenvalue weighted by Crippen LogP contribution is 2.20. The monoisotopic (exact) mass is 394 g/mol. The molecule has 11 heteroatoms. The molecule has 0 bridgehead atoms. The maximum absolute atomic E-state index is 12.3. The number of alkyl halides is 3. The summed E-state index contributed by atoms with van der Waals surface area (Å²) in [6.07, 6.45) is 0.0464. The van der Waals surface area contributed by atoms with Crippen LogP contribution in [0, 0.1) is 6.92 Å². The van der Waals surface area contributed by atoms with Gasteiger partial charge < -0.3 is 10.1 Å². The van der Waals surface area contributed by atoms with Crippen molar-refractivity contribution in [2.75, 3.05) is 13.2 Å². The molecule has 3 aromatic rings. The quantitative estimate of drug-likeness (QED) is 0.689. The number of aryl methyl sites for hydroxylation is 1. The molecule has 28 heavy (non-hydrogen) atoms. The number of ether oxygens (including phenoxy) is 1. The Morgan fingerprint density at radius 2 is 2.11 bits per heavy atom. The maximum Gasteiger partial charge on any atom is 0.422 e. The maximum atomic E-state index is 12.3. The highest BCUT2D eigenvalue weighted by atomic mass is 19.4. The second kappa shape index (κ2) is 7.79. The molecule has 0 spiro atoms. The Labute approximate surface area is 157 Å². The number of amides is 1. The Kier molecular flexibility index (Phi) is 5.43. The van der Waals surface area contributed by atoms with Gasteiger partial charge in [0.2, 0.25) is 5.88 Å². The molecular weight excluding hydrogens is 377 g/mol.